The van der Waals surface area contributed by atoms with Gasteiger partial charge in [-0.3, -0.25) is 4.79 Å². The predicted octanol–water partition coefficient (Wildman–Crippen LogP) is 4.07. The molecule has 3 N–H and O–H groups in total. The Balaban J connectivity index is 1.85. The van der Waals surface area contributed by atoms with Gasteiger partial charge in [0.05, 0.1) is 11.4 Å². The molecule has 1 atom stereocenters. The van der Waals surface area contributed by atoms with E-state index in [-0.39, 0.29) is 5.91 Å². The number of hydrogen-bond acceptors (Lipinski definition) is 3. The van der Waals surface area contributed by atoms with Crippen LogP contribution in [0.25, 0.3) is 0 Å². The SMILES string of the molecule is Cc1cc(N)c(NC(=O)c2ccccc2)cc1N1CCCC(C)C1. The lowest BCUT2D eigenvalue weighted by atomic mass is 9.98. The summed E-state index contributed by atoms with van der Waals surface area (Å²) in [6.07, 6.45) is 2.48. The molecular formula is C20H25N3O. The van der Waals surface area contributed by atoms with Crippen molar-refractivity contribution < 1.29 is 4.79 Å². The van der Waals surface area contributed by atoms with E-state index in [1.54, 1.807) is 12.1 Å². The van der Waals surface area contributed by atoms with E-state index in [9.17, 15) is 4.79 Å². The lowest BCUT2D eigenvalue weighted by Gasteiger charge is -2.34. The molecule has 1 aliphatic rings. The fraction of sp³-hybridized carbons (Fsp3) is 0.350. The highest BCUT2D eigenvalue weighted by molar-refractivity contribution is 6.06. The monoisotopic (exact) mass is 323 g/mol. The van der Waals surface area contributed by atoms with Crippen molar-refractivity contribution in [2.24, 2.45) is 5.92 Å². The maximum atomic E-state index is 12.4. The number of nitrogens with two attached hydrogens (primary N) is 1. The van der Waals surface area contributed by atoms with Crippen LogP contribution in [0.4, 0.5) is 17.1 Å². The topological polar surface area (TPSA) is 58.4 Å². The van der Waals surface area contributed by atoms with Gasteiger partial charge in [0.15, 0.2) is 0 Å². The van der Waals surface area contributed by atoms with Gasteiger partial charge in [-0.2, -0.15) is 0 Å². The zero-order valence-electron chi connectivity index (χ0n) is 14.4. The summed E-state index contributed by atoms with van der Waals surface area (Å²) < 4.78 is 0. The molecule has 1 saturated heterocycles. The van der Waals surface area contributed by atoms with Gasteiger partial charge in [-0.1, -0.05) is 25.1 Å². The molecule has 24 heavy (non-hydrogen) atoms. The van der Waals surface area contributed by atoms with Gasteiger partial charge >= 0.3 is 0 Å². The minimum absolute atomic E-state index is 0.135. The van der Waals surface area contributed by atoms with Gasteiger partial charge in [-0.25, -0.2) is 0 Å². The molecule has 1 fully saturated rings. The number of carbonyl (C=O) groups is 1. The molecule has 1 unspecified atom stereocenters. The Hall–Kier alpha value is -2.49. The molecule has 0 bridgehead atoms. The van der Waals surface area contributed by atoms with E-state index in [0.717, 1.165) is 18.7 Å². The second-order valence-electron chi connectivity index (χ2n) is 6.74. The first-order chi connectivity index (χ1) is 11.5. The molecule has 1 heterocycles. The number of amides is 1. The van der Waals surface area contributed by atoms with Gasteiger partial charge in [0.2, 0.25) is 0 Å². The van der Waals surface area contributed by atoms with Crippen molar-refractivity contribution in [3.8, 4) is 0 Å². The second kappa shape index (κ2) is 6.95. The summed E-state index contributed by atoms with van der Waals surface area (Å²) in [4.78, 5) is 14.8. The molecule has 0 saturated carbocycles. The van der Waals surface area contributed by atoms with Crippen molar-refractivity contribution in [2.75, 3.05) is 29.0 Å². The summed E-state index contributed by atoms with van der Waals surface area (Å²) in [5, 5.41) is 2.95. The number of nitrogen functional groups attached to an aromatic ring is 1. The number of aryl methyl sites for hydroxylation is 1. The molecule has 3 rings (SSSR count). The molecular weight excluding hydrogens is 298 g/mol. The Labute approximate surface area is 143 Å². The van der Waals surface area contributed by atoms with Crippen LogP contribution in [0.3, 0.4) is 0 Å². The van der Waals surface area contributed by atoms with E-state index < -0.39 is 0 Å². The minimum Gasteiger partial charge on any atom is -0.397 e. The van der Waals surface area contributed by atoms with E-state index in [4.69, 9.17) is 5.73 Å². The Morgan fingerprint density at radius 1 is 1.25 bits per heavy atom. The molecule has 0 aliphatic carbocycles. The van der Waals surface area contributed by atoms with Crippen LogP contribution in [0.2, 0.25) is 0 Å². The van der Waals surface area contributed by atoms with Crippen LogP contribution in [0.5, 0.6) is 0 Å². The zero-order valence-corrected chi connectivity index (χ0v) is 14.4. The van der Waals surface area contributed by atoms with Crippen molar-refractivity contribution >= 4 is 23.0 Å². The van der Waals surface area contributed by atoms with Crippen molar-refractivity contribution in [1.29, 1.82) is 0 Å². The summed E-state index contributed by atoms with van der Waals surface area (Å²) in [6, 6.07) is 13.2. The van der Waals surface area contributed by atoms with E-state index in [1.807, 2.05) is 30.3 Å². The number of hydrogen-bond donors (Lipinski definition) is 2. The standard InChI is InChI=1S/C20H25N3O/c1-14-7-6-10-23(13-14)19-12-18(17(21)11-15(19)2)22-20(24)16-8-4-3-5-9-16/h3-5,8-9,11-12,14H,6-7,10,13,21H2,1-2H3,(H,22,24). The molecule has 4 heteroatoms. The third-order valence-electron chi connectivity index (χ3n) is 4.65. The van der Waals surface area contributed by atoms with Crippen LogP contribution in [-0.4, -0.2) is 19.0 Å². The molecule has 0 spiro atoms. The van der Waals surface area contributed by atoms with Crippen molar-refractivity contribution in [3.63, 3.8) is 0 Å². The van der Waals surface area contributed by atoms with Crippen LogP contribution in [0.15, 0.2) is 42.5 Å². The zero-order chi connectivity index (χ0) is 17.1. The number of rotatable bonds is 3. The fourth-order valence-electron chi connectivity index (χ4n) is 3.36. The number of benzene rings is 2. The van der Waals surface area contributed by atoms with Gasteiger partial charge in [0, 0.05) is 24.3 Å². The normalized spacial score (nSPS) is 17.6. The Kier molecular flexibility index (Phi) is 4.74. The number of piperidine rings is 1. The molecule has 4 nitrogen and oxygen atoms in total. The van der Waals surface area contributed by atoms with Crippen molar-refractivity contribution in [2.45, 2.75) is 26.7 Å². The molecule has 2 aromatic carbocycles. The summed E-state index contributed by atoms with van der Waals surface area (Å²) in [5.74, 6) is 0.558. The van der Waals surface area contributed by atoms with Crippen molar-refractivity contribution in [1.82, 2.24) is 0 Å². The van der Waals surface area contributed by atoms with Crippen LogP contribution in [-0.2, 0) is 0 Å². The summed E-state index contributed by atoms with van der Waals surface area (Å²) in [6.45, 7) is 6.47. The summed E-state index contributed by atoms with van der Waals surface area (Å²) >= 11 is 0. The minimum atomic E-state index is -0.135. The fourth-order valence-corrected chi connectivity index (χ4v) is 3.36. The first kappa shape index (κ1) is 16.4. The molecule has 1 amide bonds. The van der Waals surface area contributed by atoms with Crippen LogP contribution < -0.4 is 16.0 Å². The van der Waals surface area contributed by atoms with Gasteiger partial charge in [0.1, 0.15) is 0 Å². The Morgan fingerprint density at radius 3 is 2.71 bits per heavy atom. The first-order valence-corrected chi connectivity index (χ1v) is 8.56. The lowest BCUT2D eigenvalue weighted by molar-refractivity contribution is 0.102. The molecule has 0 radical (unpaired) electrons. The van der Waals surface area contributed by atoms with E-state index >= 15 is 0 Å². The molecule has 0 aromatic heterocycles. The Bertz CT molecular complexity index is 727. The lowest BCUT2D eigenvalue weighted by Crippen LogP contribution is -2.34. The van der Waals surface area contributed by atoms with E-state index in [2.05, 4.69) is 24.1 Å². The molecule has 2 aromatic rings. The highest BCUT2D eigenvalue weighted by Gasteiger charge is 2.19. The average molecular weight is 323 g/mol. The quantitative estimate of drug-likeness (QED) is 0.837. The van der Waals surface area contributed by atoms with Gasteiger partial charge in [0.25, 0.3) is 5.91 Å². The highest BCUT2D eigenvalue weighted by Crippen LogP contribution is 2.32. The molecule has 126 valence electrons. The summed E-state index contributed by atoms with van der Waals surface area (Å²) in [5.41, 5.74) is 10.4. The highest BCUT2D eigenvalue weighted by atomic mass is 16.1. The molecule has 1 aliphatic heterocycles. The van der Waals surface area contributed by atoms with E-state index in [0.29, 0.717) is 22.9 Å². The van der Waals surface area contributed by atoms with Crippen molar-refractivity contribution in [3.05, 3.63) is 53.6 Å². The van der Waals surface area contributed by atoms with Gasteiger partial charge < -0.3 is 16.0 Å². The first-order valence-electron chi connectivity index (χ1n) is 8.56. The number of nitrogens with zero attached hydrogens (tertiary/aromatic N) is 1. The number of nitrogens with one attached hydrogen (secondary N) is 1. The van der Waals surface area contributed by atoms with Crippen LogP contribution >= 0.6 is 0 Å². The largest absolute Gasteiger partial charge is 0.397 e. The second-order valence-corrected chi connectivity index (χ2v) is 6.74. The summed E-state index contributed by atoms with van der Waals surface area (Å²) in [7, 11) is 0. The predicted molar refractivity (Wildman–Crippen MR) is 101 cm³/mol. The Morgan fingerprint density at radius 2 is 2.00 bits per heavy atom. The maximum absolute atomic E-state index is 12.4. The average Bonchev–Trinajstić information content (AvgIpc) is 2.58. The number of carbonyl (C=O) groups excluding carboxylic acids is 1. The third kappa shape index (κ3) is 3.53. The van der Waals surface area contributed by atoms with Crippen LogP contribution in [0.1, 0.15) is 35.7 Å². The third-order valence-corrected chi connectivity index (χ3v) is 4.65. The van der Waals surface area contributed by atoms with Gasteiger partial charge in [-0.05, 0) is 55.5 Å². The number of anilines is 3. The smallest absolute Gasteiger partial charge is 0.255 e. The van der Waals surface area contributed by atoms with Gasteiger partial charge in [-0.15, -0.1) is 0 Å². The van der Waals surface area contributed by atoms with Crippen LogP contribution in [0, 0.1) is 12.8 Å². The maximum Gasteiger partial charge on any atom is 0.255 e. The van der Waals surface area contributed by atoms with E-state index in [1.165, 1.54) is 18.5 Å².